The molecule has 0 aromatic rings. The molecular formula is C75H147NO5. The first-order valence-electron chi connectivity index (χ1n) is 37.4. The lowest BCUT2D eigenvalue weighted by molar-refractivity contribution is -0.143. The number of nitrogens with one attached hydrogen (secondary N) is 1. The molecule has 0 rings (SSSR count). The molecular weight excluding hydrogens is 995 g/mol. The van der Waals surface area contributed by atoms with Crippen molar-refractivity contribution in [1.29, 1.82) is 0 Å². The molecule has 0 bridgehead atoms. The highest BCUT2D eigenvalue weighted by Gasteiger charge is 2.20. The molecule has 0 aliphatic carbocycles. The van der Waals surface area contributed by atoms with Gasteiger partial charge in [-0.05, 0) is 51.4 Å². The van der Waals surface area contributed by atoms with E-state index in [1.165, 1.54) is 360 Å². The summed E-state index contributed by atoms with van der Waals surface area (Å²) in [6.45, 7) is 5.00. The third kappa shape index (κ3) is 67.6. The number of carbonyl (C=O) groups is 2. The fourth-order valence-corrected chi connectivity index (χ4v) is 12.1. The van der Waals surface area contributed by atoms with E-state index >= 15 is 0 Å². The molecule has 0 aromatic heterocycles. The van der Waals surface area contributed by atoms with Crippen LogP contribution >= 0.6 is 0 Å². The summed E-state index contributed by atoms with van der Waals surface area (Å²) >= 11 is 0. The average Bonchev–Trinajstić information content (AvgIpc) is 3.47. The zero-order valence-corrected chi connectivity index (χ0v) is 55.3. The number of rotatable bonds is 71. The molecule has 2 atom stereocenters. The number of unbranched alkanes of at least 4 members (excludes halogenated alkanes) is 58. The lowest BCUT2D eigenvalue weighted by Crippen LogP contribution is -2.45. The summed E-state index contributed by atoms with van der Waals surface area (Å²) in [5, 5.41) is 23.4. The van der Waals surface area contributed by atoms with Gasteiger partial charge in [0.2, 0.25) is 5.91 Å². The van der Waals surface area contributed by atoms with Crippen molar-refractivity contribution in [3.05, 3.63) is 12.2 Å². The molecule has 2 unspecified atom stereocenters. The second-order valence-corrected chi connectivity index (χ2v) is 26.0. The van der Waals surface area contributed by atoms with Crippen LogP contribution in [0.15, 0.2) is 12.2 Å². The highest BCUT2D eigenvalue weighted by Crippen LogP contribution is 2.20. The first kappa shape index (κ1) is 79.6. The Labute approximate surface area is 508 Å². The first-order chi connectivity index (χ1) is 40.0. The number of hydrogen-bond donors (Lipinski definition) is 3. The molecule has 0 fully saturated rings. The van der Waals surface area contributed by atoms with Crippen LogP contribution in [0.5, 0.6) is 0 Å². The quantitative estimate of drug-likeness (QED) is 0.0320. The molecule has 6 nitrogen and oxygen atoms in total. The normalized spacial score (nSPS) is 12.5. The van der Waals surface area contributed by atoms with E-state index in [4.69, 9.17) is 4.74 Å². The molecule has 0 aliphatic heterocycles. The van der Waals surface area contributed by atoms with Crippen LogP contribution in [0.1, 0.15) is 431 Å². The Bertz CT molecular complexity index is 1220. The molecule has 0 heterocycles. The minimum absolute atomic E-state index is 0.0174. The Kier molecular flexibility index (Phi) is 69.9. The molecule has 482 valence electrons. The summed E-state index contributed by atoms with van der Waals surface area (Å²) in [6, 6.07) is -0.547. The van der Waals surface area contributed by atoms with Gasteiger partial charge in [-0.1, -0.05) is 379 Å². The number of amides is 1. The zero-order valence-electron chi connectivity index (χ0n) is 55.3. The van der Waals surface area contributed by atoms with E-state index in [2.05, 4.69) is 31.3 Å². The lowest BCUT2D eigenvalue weighted by Gasteiger charge is -2.22. The van der Waals surface area contributed by atoms with Crippen molar-refractivity contribution in [3.8, 4) is 0 Å². The van der Waals surface area contributed by atoms with Crippen molar-refractivity contribution in [2.45, 2.75) is 443 Å². The molecule has 0 saturated heterocycles. The highest BCUT2D eigenvalue weighted by atomic mass is 16.5. The minimum Gasteiger partial charge on any atom is -0.466 e. The lowest BCUT2D eigenvalue weighted by atomic mass is 10.0. The number of allylic oxidation sites excluding steroid dienone is 2. The van der Waals surface area contributed by atoms with Gasteiger partial charge in [-0.25, -0.2) is 0 Å². The van der Waals surface area contributed by atoms with Gasteiger partial charge in [0.15, 0.2) is 0 Å². The maximum Gasteiger partial charge on any atom is 0.305 e. The van der Waals surface area contributed by atoms with Gasteiger partial charge in [-0.3, -0.25) is 9.59 Å². The maximum absolute atomic E-state index is 12.6. The van der Waals surface area contributed by atoms with Gasteiger partial charge >= 0.3 is 5.97 Å². The molecule has 6 heteroatoms. The van der Waals surface area contributed by atoms with Gasteiger partial charge in [-0.2, -0.15) is 0 Å². The van der Waals surface area contributed by atoms with Gasteiger partial charge in [0, 0.05) is 12.8 Å². The van der Waals surface area contributed by atoms with Gasteiger partial charge < -0.3 is 20.3 Å². The van der Waals surface area contributed by atoms with Gasteiger partial charge in [0.25, 0.3) is 0 Å². The van der Waals surface area contributed by atoms with Crippen molar-refractivity contribution in [2.75, 3.05) is 13.2 Å². The summed E-state index contributed by atoms with van der Waals surface area (Å²) < 4.78 is 5.51. The van der Waals surface area contributed by atoms with E-state index in [1.807, 2.05) is 0 Å². The van der Waals surface area contributed by atoms with Crippen molar-refractivity contribution in [1.82, 2.24) is 5.32 Å². The maximum atomic E-state index is 12.6. The molecule has 0 spiro atoms. The summed E-state index contributed by atoms with van der Waals surface area (Å²) in [4.78, 5) is 24.7. The second-order valence-electron chi connectivity index (χ2n) is 26.0. The van der Waals surface area contributed by atoms with Crippen molar-refractivity contribution in [3.63, 3.8) is 0 Å². The van der Waals surface area contributed by atoms with E-state index in [1.54, 1.807) is 0 Å². The number of aliphatic hydroxyl groups excluding tert-OH is 2. The largest absolute Gasteiger partial charge is 0.466 e. The van der Waals surface area contributed by atoms with Crippen molar-refractivity contribution in [2.24, 2.45) is 0 Å². The molecule has 0 radical (unpaired) electrons. The predicted octanol–water partition coefficient (Wildman–Crippen LogP) is 24.3. The standard InChI is InChI=1S/C75H147NO5/c1-3-5-7-9-11-13-15-17-19-21-23-24-26-29-32-35-39-43-47-51-55-59-63-67-73(78)72(71-77)76-74(79)68-64-60-56-52-48-44-40-36-33-30-27-25-28-31-34-38-42-46-50-54-58-62-66-70-81-75(80)69-65-61-57-53-49-45-41-37-22-20-18-16-14-12-10-8-6-4-2/h30,33,72-73,77-78H,3-29,31-32,34-71H2,1-2H3,(H,76,79)/b33-30-. The fraction of sp³-hybridized carbons (Fsp3) is 0.947. The van der Waals surface area contributed by atoms with Gasteiger partial charge in [-0.15, -0.1) is 0 Å². The van der Waals surface area contributed by atoms with Crippen molar-refractivity contribution >= 4 is 11.9 Å². The highest BCUT2D eigenvalue weighted by molar-refractivity contribution is 5.76. The van der Waals surface area contributed by atoms with Crippen molar-refractivity contribution < 1.29 is 24.5 Å². The van der Waals surface area contributed by atoms with Crippen LogP contribution in [0.25, 0.3) is 0 Å². The second kappa shape index (κ2) is 71.1. The van der Waals surface area contributed by atoms with E-state index in [0.717, 1.165) is 38.5 Å². The average molecular weight is 1140 g/mol. The van der Waals surface area contributed by atoms with Crippen LogP contribution in [0.2, 0.25) is 0 Å². The third-order valence-corrected chi connectivity index (χ3v) is 17.8. The smallest absolute Gasteiger partial charge is 0.305 e. The number of esters is 1. The molecule has 3 N–H and O–H groups in total. The predicted molar refractivity (Wildman–Crippen MR) is 357 cm³/mol. The number of aliphatic hydroxyl groups is 2. The van der Waals surface area contributed by atoms with E-state index in [9.17, 15) is 19.8 Å². The molecule has 0 aromatic carbocycles. The Hall–Kier alpha value is -1.40. The first-order valence-corrected chi connectivity index (χ1v) is 37.4. The number of ether oxygens (including phenoxy) is 1. The molecule has 81 heavy (non-hydrogen) atoms. The van der Waals surface area contributed by atoms with Crippen LogP contribution in [0.4, 0.5) is 0 Å². The number of hydrogen-bond acceptors (Lipinski definition) is 5. The Morgan fingerprint density at radius 1 is 0.333 bits per heavy atom. The Morgan fingerprint density at radius 3 is 0.877 bits per heavy atom. The summed E-state index contributed by atoms with van der Waals surface area (Å²) in [6.07, 6.45) is 88.4. The minimum atomic E-state index is -0.669. The summed E-state index contributed by atoms with van der Waals surface area (Å²) in [7, 11) is 0. The Balaban J connectivity index is 3.38. The van der Waals surface area contributed by atoms with Crippen LogP contribution in [-0.2, 0) is 14.3 Å². The zero-order chi connectivity index (χ0) is 58.5. The monoisotopic (exact) mass is 1140 g/mol. The van der Waals surface area contributed by atoms with Gasteiger partial charge in [0.1, 0.15) is 0 Å². The van der Waals surface area contributed by atoms with Gasteiger partial charge in [0.05, 0.1) is 25.4 Å². The number of carbonyl (C=O) groups excluding carboxylic acids is 2. The SMILES string of the molecule is CCCCCCCCCCCCCCCCCCCCCCCCCC(O)C(CO)NC(=O)CCCCCCCCC/C=C\CCCCCCCCCCCCCCOC(=O)CCCCCCCCCCCCCCCCCCCC. The topological polar surface area (TPSA) is 95.9 Å². The Morgan fingerprint density at radius 2 is 0.580 bits per heavy atom. The van der Waals surface area contributed by atoms with E-state index < -0.39 is 12.1 Å². The summed E-state index contributed by atoms with van der Waals surface area (Å²) in [5.74, 6) is -0.0184. The molecule has 1 amide bonds. The van der Waals surface area contributed by atoms with Crippen LogP contribution < -0.4 is 5.32 Å². The van der Waals surface area contributed by atoms with Crippen LogP contribution in [-0.4, -0.2) is 47.4 Å². The van der Waals surface area contributed by atoms with Crippen LogP contribution in [0.3, 0.4) is 0 Å². The van der Waals surface area contributed by atoms with Crippen LogP contribution in [0, 0.1) is 0 Å². The fourth-order valence-electron chi connectivity index (χ4n) is 12.1. The molecule has 0 aliphatic rings. The molecule has 0 saturated carbocycles. The van der Waals surface area contributed by atoms with E-state index in [-0.39, 0.29) is 18.5 Å². The third-order valence-electron chi connectivity index (χ3n) is 17.8. The van der Waals surface area contributed by atoms with E-state index in [0.29, 0.717) is 25.9 Å². The summed E-state index contributed by atoms with van der Waals surface area (Å²) in [5.41, 5.74) is 0.